The summed E-state index contributed by atoms with van der Waals surface area (Å²) in [6.07, 6.45) is 0.811. The van der Waals surface area contributed by atoms with E-state index in [0.717, 1.165) is 16.5 Å². The number of benzene rings is 2. The van der Waals surface area contributed by atoms with Gasteiger partial charge in [-0.05, 0) is 64.8 Å². The molecule has 0 aliphatic rings. The van der Waals surface area contributed by atoms with Gasteiger partial charge < -0.3 is 5.32 Å². The van der Waals surface area contributed by atoms with E-state index in [2.05, 4.69) is 49.3 Å². The smallest absolute Gasteiger partial charge is 0.137 e. The van der Waals surface area contributed by atoms with E-state index < -0.39 is 0 Å². The van der Waals surface area contributed by atoms with Gasteiger partial charge >= 0.3 is 0 Å². The highest BCUT2D eigenvalue weighted by atomic mass is 79.9. The van der Waals surface area contributed by atoms with Crippen molar-refractivity contribution in [2.24, 2.45) is 0 Å². The summed E-state index contributed by atoms with van der Waals surface area (Å²) in [5.74, 6) is -0.229. The fourth-order valence-corrected chi connectivity index (χ4v) is 2.86. The average molecular weight is 387 g/mol. The molecule has 1 N–H and O–H groups in total. The van der Waals surface area contributed by atoms with Crippen molar-refractivity contribution < 1.29 is 4.39 Å². The van der Waals surface area contributed by atoms with E-state index in [1.165, 1.54) is 11.6 Å². The van der Waals surface area contributed by atoms with Crippen LogP contribution in [0.3, 0.4) is 0 Å². The second-order valence-corrected chi connectivity index (χ2v) is 6.12. The van der Waals surface area contributed by atoms with Crippen molar-refractivity contribution >= 4 is 31.9 Å². The van der Waals surface area contributed by atoms with E-state index in [-0.39, 0.29) is 11.9 Å². The fourth-order valence-electron chi connectivity index (χ4n) is 2.01. The Morgan fingerprint density at radius 3 is 2.58 bits per heavy atom. The summed E-state index contributed by atoms with van der Waals surface area (Å²) >= 11 is 6.70. The van der Waals surface area contributed by atoms with E-state index in [1.54, 1.807) is 0 Å². The van der Waals surface area contributed by atoms with Crippen molar-refractivity contribution in [3.8, 4) is 0 Å². The van der Waals surface area contributed by atoms with Gasteiger partial charge in [0.25, 0.3) is 0 Å². The minimum absolute atomic E-state index is 0.204. The van der Waals surface area contributed by atoms with Crippen LogP contribution in [0.4, 0.5) is 4.39 Å². The maximum absolute atomic E-state index is 13.2. The number of hydrogen-bond acceptors (Lipinski definition) is 1. The van der Waals surface area contributed by atoms with E-state index in [1.807, 2.05) is 31.3 Å². The van der Waals surface area contributed by atoms with Gasteiger partial charge in [0.2, 0.25) is 0 Å². The molecule has 1 unspecified atom stereocenters. The van der Waals surface area contributed by atoms with Crippen molar-refractivity contribution in [1.29, 1.82) is 0 Å². The maximum atomic E-state index is 13.2. The van der Waals surface area contributed by atoms with Crippen molar-refractivity contribution in [3.05, 3.63) is 68.4 Å². The average Bonchev–Trinajstić information content (AvgIpc) is 2.40. The Hall–Kier alpha value is -0.710. The van der Waals surface area contributed by atoms with Gasteiger partial charge in [-0.25, -0.2) is 4.39 Å². The third kappa shape index (κ3) is 3.88. The molecule has 0 fully saturated rings. The first kappa shape index (κ1) is 14.7. The normalized spacial score (nSPS) is 12.4. The molecule has 0 aromatic heterocycles. The summed E-state index contributed by atoms with van der Waals surface area (Å²) in [5.41, 5.74) is 2.30. The van der Waals surface area contributed by atoms with Gasteiger partial charge in [-0.1, -0.05) is 34.1 Å². The molecular weight excluding hydrogens is 373 g/mol. The van der Waals surface area contributed by atoms with Gasteiger partial charge in [-0.15, -0.1) is 0 Å². The van der Waals surface area contributed by atoms with Crippen molar-refractivity contribution in [1.82, 2.24) is 5.32 Å². The molecule has 19 heavy (non-hydrogen) atoms. The summed E-state index contributed by atoms with van der Waals surface area (Å²) in [5, 5.41) is 3.30. The van der Waals surface area contributed by atoms with Crippen LogP contribution in [0, 0.1) is 5.82 Å². The minimum Gasteiger partial charge on any atom is -0.313 e. The first-order chi connectivity index (χ1) is 9.10. The van der Waals surface area contributed by atoms with Crippen LogP contribution in [0.2, 0.25) is 0 Å². The van der Waals surface area contributed by atoms with Crippen LogP contribution in [0.1, 0.15) is 17.2 Å². The highest BCUT2D eigenvalue weighted by molar-refractivity contribution is 9.10. The summed E-state index contributed by atoms with van der Waals surface area (Å²) in [6.45, 7) is 0. The minimum atomic E-state index is -0.229. The molecule has 0 radical (unpaired) electrons. The molecule has 4 heteroatoms. The number of likely N-dealkylation sites (N-methyl/N-ethyl adjacent to an activating group) is 1. The van der Waals surface area contributed by atoms with Crippen LogP contribution in [0.15, 0.2) is 51.4 Å². The quantitative estimate of drug-likeness (QED) is 0.791. The largest absolute Gasteiger partial charge is 0.313 e. The lowest BCUT2D eigenvalue weighted by molar-refractivity contribution is 0.587. The molecule has 0 spiro atoms. The Bertz CT molecular complexity index is 572. The molecule has 2 aromatic rings. The van der Waals surface area contributed by atoms with Gasteiger partial charge in [0.1, 0.15) is 5.82 Å². The van der Waals surface area contributed by atoms with Crippen molar-refractivity contribution in [2.45, 2.75) is 12.5 Å². The molecule has 0 saturated carbocycles. The molecule has 0 bridgehead atoms. The Balaban J connectivity index is 2.21. The predicted octanol–water partition coefficient (Wildman–Crippen LogP) is 4.85. The molecule has 100 valence electrons. The van der Waals surface area contributed by atoms with E-state index in [0.29, 0.717) is 4.47 Å². The molecule has 1 nitrogen and oxygen atoms in total. The lowest BCUT2D eigenvalue weighted by Gasteiger charge is -2.17. The summed E-state index contributed by atoms with van der Waals surface area (Å²) < 4.78 is 14.8. The second kappa shape index (κ2) is 6.64. The van der Waals surface area contributed by atoms with Crippen molar-refractivity contribution in [3.63, 3.8) is 0 Å². The fraction of sp³-hybridized carbons (Fsp3) is 0.200. The topological polar surface area (TPSA) is 12.0 Å². The maximum Gasteiger partial charge on any atom is 0.137 e. The molecular formula is C15H14Br2FN. The lowest BCUT2D eigenvalue weighted by Crippen LogP contribution is -2.18. The van der Waals surface area contributed by atoms with Crippen LogP contribution in [0.25, 0.3) is 0 Å². The zero-order valence-corrected chi connectivity index (χ0v) is 13.6. The van der Waals surface area contributed by atoms with Crippen molar-refractivity contribution in [2.75, 3.05) is 7.05 Å². The number of rotatable bonds is 4. The molecule has 0 saturated heterocycles. The Morgan fingerprint density at radius 1 is 1.16 bits per heavy atom. The van der Waals surface area contributed by atoms with E-state index >= 15 is 0 Å². The molecule has 0 aliphatic heterocycles. The molecule has 1 atom stereocenters. The van der Waals surface area contributed by atoms with Crippen LogP contribution >= 0.6 is 31.9 Å². The molecule has 0 heterocycles. The summed E-state index contributed by atoms with van der Waals surface area (Å²) in [7, 11) is 1.93. The Morgan fingerprint density at radius 2 is 1.95 bits per heavy atom. The third-order valence-corrected chi connectivity index (χ3v) is 4.12. The zero-order chi connectivity index (χ0) is 13.8. The summed E-state index contributed by atoms with van der Waals surface area (Å²) in [6, 6.07) is 13.6. The van der Waals surface area contributed by atoms with E-state index in [9.17, 15) is 4.39 Å². The molecule has 2 aromatic carbocycles. The van der Waals surface area contributed by atoms with Gasteiger partial charge in [0.15, 0.2) is 0 Å². The van der Waals surface area contributed by atoms with E-state index in [4.69, 9.17) is 0 Å². The zero-order valence-electron chi connectivity index (χ0n) is 10.5. The van der Waals surface area contributed by atoms with Crippen LogP contribution in [-0.2, 0) is 6.42 Å². The van der Waals surface area contributed by atoms with Crippen LogP contribution in [0.5, 0.6) is 0 Å². The second-order valence-electron chi connectivity index (χ2n) is 4.35. The van der Waals surface area contributed by atoms with Crippen LogP contribution in [-0.4, -0.2) is 7.05 Å². The standard InChI is InChI=1S/C15H14Br2FN/c1-19-15(11-3-2-4-12(16)9-11)8-10-5-6-14(18)13(17)7-10/h2-7,9,15,19H,8H2,1H3. The number of hydrogen-bond donors (Lipinski definition) is 1. The highest BCUT2D eigenvalue weighted by Crippen LogP contribution is 2.24. The summed E-state index contributed by atoms with van der Waals surface area (Å²) in [4.78, 5) is 0. The Kier molecular flexibility index (Phi) is 5.13. The lowest BCUT2D eigenvalue weighted by atomic mass is 9.99. The number of nitrogens with one attached hydrogen (secondary N) is 1. The SMILES string of the molecule is CNC(Cc1ccc(F)c(Br)c1)c1cccc(Br)c1. The first-order valence-corrected chi connectivity index (χ1v) is 7.55. The monoisotopic (exact) mass is 385 g/mol. The molecule has 0 amide bonds. The number of halogens is 3. The molecule has 2 rings (SSSR count). The van der Waals surface area contributed by atoms with Gasteiger partial charge in [0, 0.05) is 10.5 Å². The van der Waals surface area contributed by atoms with Gasteiger partial charge in [0.05, 0.1) is 4.47 Å². The molecule has 0 aliphatic carbocycles. The predicted molar refractivity (Wildman–Crippen MR) is 83.7 cm³/mol. The Labute approximate surface area is 129 Å². The van der Waals surface area contributed by atoms with Crippen LogP contribution < -0.4 is 5.32 Å². The highest BCUT2D eigenvalue weighted by Gasteiger charge is 2.11. The van der Waals surface area contributed by atoms with Gasteiger partial charge in [-0.3, -0.25) is 0 Å². The van der Waals surface area contributed by atoms with Gasteiger partial charge in [-0.2, -0.15) is 0 Å². The first-order valence-electron chi connectivity index (χ1n) is 5.97. The third-order valence-electron chi connectivity index (χ3n) is 3.02.